The lowest BCUT2D eigenvalue weighted by Crippen LogP contribution is -2.15. The van der Waals surface area contributed by atoms with Crippen LogP contribution >= 0.6 is 0 Å². The van der Waals surface area contributed by atoms with Crippen LogP contribution in [0.15, 0.2) is 53.1 Å². The van der Waals surface area contributed by atoms with Gasteiger partial charge in [0.1, 0.15) is 12.1 Å². The van der Waals surface area contributed by atoms with Gasteiger partial charge in [-0.25, -0.2) is 9.37 Å². The molecule has 1 aliphatic rings. The SMILES string of the molecule is COc1ccc(NC(=O)Cc2coc(-c3ccc(F)cc3)n2)cc1OC1CCCC1. The minimum Gasteiger partial charge on any atom is -0.493 e. The number of methoxy groups -OCH3 is 1. The van der Waals surface area contributed by atoms with E-state index >= 15 is 0 Å². The monoisotopic (exact) mass is 410 g/mol. The summed E-state index contributed by atoms with van der Waals surface area (Å²) in [6.45, 7) is 0. The Morgan fingerprint density at radius 3 is 2.67 bits per heavy atom. The van der Waals surface area contributed by atoms with Crippen LogP contribution in [0.2, 0.25) is 0 Å². The molecule has 30 heavy (non-hydrogen) atoms. The van der Waals surface area contributed by atoms with Gasteiger partial charge in [0.05, 0.1) is 25.3 Å². The van der Waals surface area contributed by atoms with E-state index in [2.05, 4.69) is 10.3 Å². The lowest BCUT2D eigenvalue weighted by molar-refractivity contribution is -0.115. The number of carbonyl (C=O) groups is 1. The topological polar surface area (TPSA) is 73.6 Å². The molecular formula is C23H23FN2O4. The standard InChI is InChI=1S/C23H23FN2O4/c1-28-20-11-10-17(12-21(20)30-19-4-2-3-5-19)25-22(27)13-18-14-29-23(26-18)15-6-8-16(24)9-7-15/h6-12,14,19H,2-5,13H2,1H3,(H,25,27). The maximum atomic E-state index is 13.1. The van der Waals surface area contributed by atoms with E-state index in [0.717, 1.165) is 12.8 Å². The predicted molar refractivity (Wildman–Crippen MR) is 110 cm³/mol. The second kappa shape index (κ2) is 8.98. The first-order chi connectivity index (χ1) is 14.6. The number of nitrogens with one attached hydrogen (secondary N) is 1. The van der Waals surface area contributed by atoms with Gasteiger partial charge in [0, 0.05) is 17.3 Å². The van der Waals surface area contributed by atoms with Crippen molar-refractivity contribution in [1.29, 1.82) is 0 Å². The second-order valence-electron chi connectivity index (χ2n) is 7.27. The third-order valence-electron chi connectivity index (χ3n) is 5.03. The minimum atomic E-state index is -0.333. The Bertz CT molecular complexity index is 1010. The average Bonchev–Trinajstić information content (AvgIpc) is 3.41. The average molecular weight is 410 g/mol. The van der Waals surface area contributed by atoms with Gasteiger partial charge in [0.25, 0.3) is 0 Å². The van der Waals surface area contributed by atoms with E-state index < -0.39 is 0 Å². The quantitative estimate of drug-likeness (QED) is 0.594. The van der Waals surface area contributed by atoms with Crippen LogP contribution in [-0.4, -0.2) is 24.1 Å². The van der Waals surface area contributed by atoms with Gasteiger partial charge in [-0.3, -0.25) is 4.79 Å². The van der Waals surface area contributed by atoms with Crippen LogP contribution in [0.3, 0.4) is 0 Å². The molecule has 156 valence electrons. The number of anilines is 1. The Kier molecular flexibility index (Phi) is 5.97. The van der Waals surface area contributed by atoms with Gasteiger partial charge in [0.15, 0.2) is 11.5 Å². The van der Waals surface area contributed by atoms with Crippen molar-refractivity contribution in [2.24, 2.45) is 0 Å². The van der Waals surface area contributed by atoms with Crippen LogP contribution in [0.25, 0.3) is 11.5 Å². The highest BCUT2D eigenvalue weighted by Gasteiger charge is 2.19. The molecule has 0 spiro atoms. The van der Waals surface area contributed by atoms with Crippen molar-refractivity contribution in [2.75, 3.05) is 12.4 Å². The van der Waals surface area contributed by atoms with Gasteiger partial charge < -0.3 is 19.2 Å². The number of rotatable bonds is 7. The molecule has 1 aliphatic carbocycles. The van der Waals surface area contributed by atoms with E-state index in [-0.39, 0.29) is 24.2 Å². The normalized spacial score (nSPS) is 13.9. The largest absolute Gasteiger partial charge is 0.493 e. The highest BCUT2D eigenvalue weighted by atomic mass is 19.1. The second-order valence-corrected chi connectivity index (χ2v) is 7.27. The molecule has 1 heterocycles. The van der Waals surface area contributed by atoms with Crippen LogP contribution in [0.5, 0.6) is 11.5 Å². The molecule has 1 aromatic heterocycles. The molecule has 3 aromatic rings. The summed E-state index contributed by atoms with van der Waals surface area (Å²) >= 11 is 0. The Balaban J connectivity index is 1.40. The van der Waals surface area contributed by atoms with Gasteiger partial charge in [-0.1, -0.05) is 0 Å². The van der Waals surface area contributed by atoms with E-state index in [4.69, 9.17) is 13.9 Å². The fourth-order valence-corrected chi connectivity index (χ4v) is 3.52. The van der Waals surface area contributed by atoms with Gasteiger partial charge in [0.2, 0.25) is 11.8 Å². The maximum absolute atomic E-state index is 13.1. The third kappa shape index (κ3) is 4.79. The number of oxazole rings is 1. The summed E-state index contributed by atoms with van der Waals surface area (Å²) in [7, 11) is 1.60. The molecule has 7 heteroatoms. The Labute approximate surface area is 174 Å². The van der Waals surface area contributed by atoms with Crippen molar-refractivity contribution >= 4 is 11.6 Å². The predicted octanol–water partition coefficient (Wildman–Crippen LogP) is 4.99. The van der Waals surface area contributed by atoms with E-state index in [1.165, 1.54) is 31.2 Å². The fraction of sp³-hybridized carbons (Fsp3) is 0.304. The van der Waals surface area contributed by atoms with Crippen LogP contribution < -0.4 is 14.8 Å². The van der Waals surface area contributed by atoms with Crippen LogP contribution in [0.4, 0.5) is 10.1 Å². The van der Waals surface area contributed by atoms with Crippen molar-refractivity contribution in [1.82, 2.24) is 4.98 Å². The van der Waals surface area contributed by atoms with Gasteiger partial charge in [-0.2, -0.15) is 0 Å². The summed E-state index contributed by atoms with van der Waals surface area (Å²) in [5.74, 6) is 1.05. The molecule has 0 atom stereocenters. The van der Waals surface area contributed by atoms with Gasteiger partial charge in [-0.05, 0) is 62.1 Å². The summed E-state index contributed by atoms with van der Waals surface area (Å²) in [5.41, 5.74) is 1.76. The maximum Gasteiger partial charge on any atom is 0.230 e. The number of hydrogen-bond acceptors (Lipinski definition) is 5. The van der Waals surface area contributed by atoms with Crippen molar-refractivity contribution in [3.8, 4) is 23.0 Å². The zero-order chi connectivity index (χ0) is 20.9. The number of hydrogen-bond donors (Lipinski definition) is 1. The lowest BCUT2D eigenvalue weighted by atomic mass is 10.2. The number of nitrogens with zero attached hydrogens (tertiary/aromatic N) is 1. The number of aromatic nitrogens is 1. The summed E-state index contributed by atoms with van der Waals surface area (Å²) in [4.78, 5) is 16.8. The molecule has 2 aromatic carbocycles. The van der Waals surface area contributed by atoms with Crippen molar-refractivity contribution in [3.63, 3.8) is 0 Å². The summed E-state index contributed by atoms with van der Waals surface area (Å²) < 4.78 is 29.9. The van der Waals surface area contributed by atoms with E-state index in [1.54, 1.807) is 37.4 Å². The fourth-order valence-electron chi connectivity index (χ4n) is 3.52. The molecule has 0 saturated heterocycles. The van der Waals surface area contributed by atoms with Crippen LogP contribution in [0.1, 0.15) is 31.4 Å². The molecule has 4 rings (SSSR count). The van der Waals surface area contributed by atoms with E-state index in [9.17, 15) is 9.18 Å². The molecule has 1 saturated carbocycles. The first-order valence-electron chi connectivity index (χ1n) is 9.95. The van der Waals surface area contributed by atoms with Gasteiger partial charge >= 0.3 is 0 Å². The van der Waals surface area contributed by atoms with Gasteiger partial charge in [-0.15, -0.1) is 0 Å². The van der Waals surface area contributed by atoms with E-state index in [0.29, 0.717) is 34.3 Å². The van der Waals surface area contributed by atoms with Crippen LogP contribution in [-0.2, 0) is 11.2 Å². The molecule has 0 unspecified atom stereocenters. The number of amides is 1. The van der Waals surface area contributed by atoms with Crippen molar-refractivity contribution < 1.29 is 23.1 Å². The number of carbonyl (C=O) groups excluding carboxylic acids is 1. The number of halogens is 1. The molecule has 1 N–H and O–H groups in total. The van der Waals surface area contributed by atoms with Crippen LogP contribution in [0, 0.1) is 5.82 Å². The molecule has 0 radical (unpaired) electrons. The number of benzene rings is 2. The minimum absolute atomic E-state index is 0.0511. The summed E-state index contributed by atoms with van der Waals surface area (Å²) in [6.07, 6.45) is 6.06. The van der Waals surface area contributed by atoms with E-state index in [1.807, 2.05) is 0 Å². The summed E-state index contributed by atoms with van der Waals surface area (Å²) in [6, 6.07) is 11.2. The molecule has 0 aliphatic heterocycles. The molecular weight excluding hydrogens is 387 g/mol. The smallest absolute Gasteiger partial charge is 0.230 e. The Morgan fingerprint density at radius 1 is 1.17 bits per heavy atom. The van der Waals surface area contributed by atoms with Crippen molar-refractivity contribution in [3.05, 3.63) is 60.2 Å². The molecule has 6 nitrogen and oxygen atoms in total. The zero-order valence-electron chi connectivity index (χ0n) is 16.7. The lowest BCUT2D eigenvalue weighted by Gasteiger charge is -2.17. The zero-order valence-corrected chi connectivity index (χ0v) is 16.7. The first kappa shape index (κ1) is 19.9. The molecule has 1 fully saturated rings. The number of ether oxygens (including phenoxy) is 2. The molecule has 0 bridgehead atoms. The van der Waals surface area contributed by atoms with Crippen molar-refractivity contribution in [2.45, 2.75) is 38.2 Å². The third-order valence-corrected chi connectivity index (χ3v) is 5.03. The first-order valence-corrected chi connectivity index (χ1v) is 9.95. The Hall–Kier alpha value is -3.35. The highest BCUT2D eigenvalue weighted by Crippen LogP contribution is 2.34. The molecule has 1 amide bonds. The highest BCUT2D eigenvalue weighted by molar-refractivity contribution is 5.92. The summed E-state index contributed by atoms with van der Waals surface area (Å²) in [5, 5.41) is 2.86. The Morgan fingerprint density at radius 2 is 1.93 bits per heavy atom.